The SMILES string of the molecule is O=C(O)c1cccn2c(-c3ccccn3)nc(Br)c12. The Kier molecular flexibility index (Phi) is 2.79. The zero-order valence-corrected chi connectivity index (χ0v) is 11.2. The van der Waals surface area contributed by atoms with E-state index in [9.17, 15) is 9.90 Å². The molecule has 3 aromatic heterocycles. The molecule has 94 valence electrons. The van der Waals surface area contributed by atoms with Crippen molar-refractivity contribution >= 4 is 27.4 Å². The van der Waals surface area contributed by atoms with Gasteiger partial charge in [0.25, 0.3) is 0 Å². The van der Waals surface area contributed by atoms with E-state index in [4.69, 9.17) is 0 Å². The Labute approximate surface area is 116 Å². The number of nitrogens with zero attached hydrogens (tertiary/aromatic N) is 3. The van der Waals surface area contributed by atoms with Gasteiger partial charge in [0, 0.05) is 12.4 Å². The van der Waals surface area contributed by atoms with E-state index in [1.807, 2.05) is 18.2 Å². The van der Waals surface area contributed by atoms with Crippen LogP contribution in [0.3, 0.4) is 0 Å². The maximum atomic E-state index is 11.2. The van der Waals surface area contributed by atoms with Crippen LogP contribution in [0.2, 0.25) is 0 Å². The van der Waals surface area contributed by atoms with Gasteiger partial charge < -0.3 is 5.11 Å². The molecule has 0 amide bonds. The smallest absolute Gasteiger partial charge is 0.337 e. The van der Waals surface area contributed by atoms with Gasteiger partial charge in [0.1, 0.15) is 10.3 Å². The Balaban J connectivity index is 2.35. The number of hydrogen-bond donors (Lipinski definition) is 1. The fraction of sp³-hybridized carbons (Fsp3) is 0. The molecule has 5 nitrogen and oxygen atoms in total. The largest absolute Gasteiger partial charge is 0.478 e. The first kappa shape index (κ1) is 11.9. The second-order valence-corrected chi connectivity index (χ2v) is 4.64. The predicted molar refractivity (Wildman–Crippen MR) is 73.1 cm³/mol. The van der Waals surface area contributed by atoms with Crippen LogP contribution in [0.15, 0.2) is 47.3 Å². The molecule has 0 spiro atoms. The molecule has 1 N–H and O–H groups in total. The number of hydrogen-bond acceptors (Lipinski definition) is 3. The Bertz CT molecular complexity index is 768. The molecule has 0 fully saturated rings. The minimum Gasteiger partial charge on any atom is -0.478 e. The van der Waals surface area contributed by atoms with E-state index < -0.39 is 5.97 Å². The molecule has 3 rings (SSSR count). The van der Waals surface area contributed by atoms with Gasteiger partial charge in [-0.3, -0.25) is 9.38 Å². The van der Waals surface area contributed by atoms with Crippen molar-refractivity contribution in [1.82, 2.24) is 14.4 Å². The first-order valence-corrected chi connectivity index (χ1v) is 6.29. The van der Waals surface area contributed by atoms with E-state index in [1.165, 1.54) is 0 Å². The van der Waals surface area contributed by atoms with Crippen LogP contribution in [0.4, 0.5) is 0 Å². The van der Waals surface area contributed by atoms with Crippen LogP contribution in [0.5, 0.6) is 0 Å². The third kappa shape index (κ3) is 1.90. The van der Waals surface area contributed by atoms with Crippen LogP contribution in [0, 0.1) is 0 Å². The topological polar surface area (TPSA) is 67.5 Å². The van der Waals surface area contributed by atoms with Crippen molar-refractivity contribution in [1.29, 1.82) is 0 Å². The second kappa shape index (κ2) is 4.47. The monoisotopic (exact) mass is 317 g/mol. The number of imidazole rings is 1. The van der Waals surface area contributed by atoms with Gasteiger partial charge in [-0.05, 0) is 40.2 Å². The minimum absolute atomic E-state index is 0.198. The fourth-order valence-electron chi connectivity index (χ4n) is 1.94. The van der Waals surface area contributed by atoms with Crippen LogP contribution in [0.25, 0.3) is 17.0 Å². The van der Waals surface area contributed by atoms with Gasteiger partial charge in [-0.1, -0.05) is 6.07 Å². The molecule has 0 bridgehead atoms. The van der Waals surface area contributed by atoms with Gasteiger partial charge in [0.2, 0.25) is 0 Å². The van der Waals surface area contributed by atoms with Crippen molar-refractivity contribution in [2.45, 2.75) is 0 Å². The Morgan fingerprint density at radius 1 is 1.26 bits per heavy atom. The summed E-state index contributed by atoms with van der Waals surface area (Å²) in [5.41, 5.74) is 1.41. The lowest BCUT2D eigenvalue weighted by atomic mass is 10.2. The van der Waals surface area contributed by atoms with E-state index in [2.05, 4.69) is 25.9 Å². The number of carboxylic acid groups (broad SMARTS) is 1. The lowest BCUT2D eigenvalue weighted by molar-refractivity contribution is 0.0698. The van der Waals surface area contributed by atoms with Gasteiger partial charge >= 0.3 is 5.97 Å². The third-order valence-electron chi connectivity index (χ3n) is 2.75. The maximum absolute atomic E-state index is 11.2. The zero-order valence-electron chi connectivity index (χ0n) is 9.62. The van der Waals surface area contributed by atoms with Crippen LogP contribution in [-0.2, 0) is 0 Å². The van der Waals surface area contributed by atoms with Gasteiger partial charge in [-0.15, -0.1) is 0 Å². The Morgan fingerprint density at radius 2 is 2.11 bits per heavy atom. The van der Waals surface area contributed by atoms with Gasteiger partial charge in [0.05, 0.1) is 11.1 Å². The van der Waals surface area contributed by atoms with Crippen molar-refractivity contribution in [2.75, 3.05) is 0 Å². The summed E-state index contributed by atoms with van der Waals surface area (Å²) in [6.45, 7) is 0. The summed E-state index contributed by atoms with van der Waals surface area (Å²) in [7, 11) is 0. The highest BCUT2D eigenvalue weighted by Gasteiger charge is 2.17. The number of rotatable bonds is 2. The van der Waals surface area contributed by atoms with E-state index in [0.29, 0.717) is 21.6 Å². The molecular formula is C13H8BrN3O2. The van der Waals surface area contributed by atoms with E-state index >= 15 is 0 Å². The first-order valence-electron chi connectivity index (χ1n) is 5.50. The predicted octanol–water partition coefficient (Wildman–Crippen LogP) is 2.86. The lowest BCUT2D eigenvalue weighted by Gasteiger charge is -2.02. The molecule has 0 saturated heterocycles. The van der Waals surface area contributed by atoms with Crippen LogP contribution >= 0.6 is 15.9 Å². The highest BCUT2D eigenvalue weighted by Crippen LogP contribution is 2.27. The number of fused-ring (bicyclic) bond motifs is 1. The Morgan fingerprint density at radius 3 is 2.79 bits per heavy atom. The Hall–Kier alpha value is -2.21. The fourth-order valence-corrected chi connectivity index (χ4v) is 2.52. The maximum Gasteiger partial charge on any atom is 0.337 e. The van der Waals surface area contributed by atoms with E-state index in [-0.39, 0.29) is 5.56 Å². The van der Waals surface area contributed by atoms with Crippen LogP contribution in [-0.4, -0.2) is 25.4 Å². The van der Waals surface area contributed by atoms with Gasteiger partial charge in [-0.2, -0.15) is 0 Å². The number of aromatic nitrogens is 3. The molecule has 19 heavy (non-hydrogen) atoms. The summed E-state index contributed by atoms with van der Waals surface area (Å²) in [6.07, 6.45) is 3.44. The van der Waals surface area contributed by atoms with E-state index in [1.54, 1.807) is 28.9 Å². The molecule has 6 heteroatoms. The number of carboxylic acids is 1. The summed E-state index contributed by atoms with van der Waals surface area (Å²) < 4.78 is 2.21. The minimum atomic E-state index is -0.987. The zero-order chi connectivity index (χ0) is 13.4. The average Bonchev–Trinajstić information content (AvgIpc) is 2.77. The summed E-state index contributed by atoms with van der Waals surface area (Å²) in [5, 5.41) is 9.21. The molecule has 0 unspecified atom stereocenters. The summed E-state index contributed by atoms with van der Waals surface area (Å²) in [5.74, 6) is -0.385. The summed E-state index contributed by atoms with van der Waals surface area (Å²) in [4.78, 5) is 19.8. The number of carbonyl (C=O) groups is 1. The van der Waals surface area contributed by atoms with Gasteiger partial charge in [-0.25, -0.2) is 9.78 Å². The summed E-state index contributed by atoms with van der Waals surface area (Å²) >= 11 is 3.31. The highest BCUT2D eigenvalue weighted by molar-refractivity contribution is 9.10. The molecular weight excluding hydrogens is 310 g/mol. The molecule has 0 aliphatic rings. The van der Waals surface area contributed by atoms with E-state index in [0.717, 1.165) is 0 Å². The molecule has 0 aromatic carbocycles. The number of aromatic carboxylic acids is 1. The molecule has 0 aliphatic heterocycles. The average molecular weight is 318 g/mol. The first-order chi connectivity index (χ1) is 9.18. The van der Waals surface area contributed by atoms with Crippen molar-refractivity contribution in [3.63, 3.8) is 0 Å². The van der Waals surface area contributed by atoms with Gasteiger partial charge in [0.15, 0.2) is 5.82 Å². The van der Waals surface area contributed by atoms with Crippen molar-refractivity contribution in [3.8, 4) is 11.5 Å². The quantitative estimate of drug-likeness (QED) is 0.789. The lowest BCUT2D eigenvalue weighted by Crippen LogP contribution is -2.00. The van der Waals surface area contributed by atoms with Crippen LogP contribution < -0.4 is 0 Å². The standard InChI is InChI=1S/C13H8BrN3O2/c14-11-10-8(13(18)19)4-3-7-17(10)12(16-11)9-5-1-2-6-15-9/h1-7H,(H,18,19). The van der Waals surface area contributed by atoms with Crippen molar-refractivity contribution in [3.05, 3.63) is 52.9 Å². The van der Waals surface area contributed by atoms with Crippen molar-refractivity contribution < 1.29 is 9.90 Å². The molecule has 0 saturated carbocycles. The molecule has 0 atom stereocenters. The molecule has 3 heterocycles. The van der Waals surface area contributed by atoms with Crippen LogP contribution in [0.1, 0.15) is 10.4 Å². The molecule has 3 aromatic rings. The number of pyridine rings is 2. The highest BCUT2D eigenvalue weighted by atomic mass is 79.9. The normalized spacial score (nSPS) is 10.8. The second-order valence-electron chi connectivity index (χ2n) is 3.89. The molecule has 0 aliphatic carbocycles. The number of halogens is 1. The van der Waals surface area contributed by atoms with Crippen molar-refractivity contribution in [2.24, 2.45) is 0 Å². The summed E-state index contributed by atoms with van der Waals surface area (Å²) in [6, 6.07) is 8.73. The third-order valence-corrected chi connectivity index (χ3v) is 3.30. The molecule has 0 radical (unpaired) electrons.